The molecule has 92 valence electrons. The predicted molar refractivity (Wildman–Crippen MR) is 65.8 cm³/mol. The van der Waals surface area contributed by atoms with Gasteiger partial charge in [-0.1, -0.05) is 30.3 Å². The van der Waals surface area contributed by atoms with Crippen LogP contribution in [0.25, 0.3) is 0 Å². The number of hydrogen-bond acceptors (Lipinski definition) is 4. The molecule has 18 heavy (non-hydrogen) atoms. The van der Waals surface area contributed by atoms with Gasteiger partial charge in [-0.2, -0.15) is 0 Å². The topological polar surface area (TPSA) is 75.1 Å². The van der Waals surface area contributed by atoms with Crippen molar-refractivity contribution in [2.75, 3.05) is 6.61 Å². The van der Waals surface area contributed by atoms with Crippen molar-refractivity contribution in [2.45, 2.75) is 6.04 Å². The Hall–Kier alpha value is -2.27. The molecule has 0 saturated heterocycles. The highest BCUT2D eigenvalue weighted by atomic mass is 16.3. The number of amides is 1. The van der Waals surface area contributed by atoms with Gasteiger partial charge >= 0.3 is 0 Å². The zero-order chi connectivity index (χ0) is 12.8. The zero-order valence-corrected chi connectivity index (χ0v) is 9.65. The van der Waals surface area contributed by atoms with Gasteiger partial charge in [0.15, 0.2) is 0 Å². The van der Waals surface area contributed by atoms with E-state index in [-0.39, 0.29) is 12.5 Å². The van der Waals surface area contributed by atoms with Gasteiger partial charge in [-0.25, -0.2) is 9.97 Å². The molecule has 2 rings (SSSR count). The third-order valence-electron chi connectivity index (χ3n) is 2.51. The summed E-state index contributed by atoms with van der Waals surface area (Å²) < 4.78 is 0. The van der Waals surface area contributed by atoms with E-state index in [0.717, 1.165) is 5.56 Å². The van der Waals surface area contributed by atoms with Crippen LogP contribution in [0.2, 0.25) is 0 Å². The summed E-state index contributed by atoms with van der Waals surface area (Å²) >= 11 is 0. The van der Waals surface area contributed by atoms with Gasteiger partial charge in [0.1, 0.15) is 6.33 Å². The molecule has 0 aliphatic rings. The Morgan fingerprint density at radius 1 is 1.22 bits per heavy atom. The Kier molecular flexibility index (Phi) is 3.98. The highest BCUT2D eigenvalue weighted by Gasteiger charge is 2.14. The van der Waals surface area contributed by atoms with Crippen LogP contribution < -0.4 is 5.32 Å². The Morgan fingerprint density at radius 2 is 1.89 bits per heavy atom. The lowest BCUT2D eigenvalue weighted by atomic mass is 10.1. The van der Waals surface area contributed by atoms with Gasteiger partial charge in [0.25, 0.3) is 5.91 Å². The fourth-order valence-corrected chi connectivity index (χ4v) is 1.58. The summed E-state index contributed by atoms with van der Waals surface area (Å²) in [6.07, 6.45) is 4.22. The lowest BCUT2D eigenvalue weighted by molar-refractivity contribution is 0.0915. The van der Waals surface area contributed by atoms with Crippen molar-refractivity contribution in [3.63, 3.8) is 0 Å². The molecule has 1 aromatic carbocycles. The summed E-state index contributed by atoms with van der Waals surface area (Å²) in [6.45, 7) is -0.163. The first-order chi connectivity index (χ1) is 8.81. The summed E-state index contributed by atoms with van der Waals surface area (Å²) in [4.78, 5) is 19.4. The maximum Gasteiger partial charge on any atom is 0.254 e. The number of aliphatic hydroxyl groups excluding tert-OH is 1. The first-order valence-corrected chi connectivity index (χ1v) is 5.53. The Labute approximate surface area is 105 Å². The number of aromatic nitrogens is 2. The molecule has 1 aromatic heterocycles. The molecular formula is C13H13N3O2. The van der Waals surface area contributed by atoms with Gasteiger partial charge in [0, 0.05) is 12.4 Å². The fourth-order valence-electron chi connectivity index (χ4n) is 1.58. The summed E-state index contributed by atoms with van der Waals surface area (Å²) in [5, 5.41) is 12.1. The molecule has 5 nitrogen and oxygen atoms in total. The van der Waals surface area contributed by atoms with Crippen LogP contribution in [-0.2, 0) is 0 Å². The molecule has 0 saturated carbocycles. The van der Waals surface area contributed by atoms with Gasteiger partial charge < -0.3 is 10.4 Å². The van der Waals surface area contributed by atoms with E-state index in [4.69, 9.17) is 0 Å². The number of carbonyl (C=O) groups is 1. The summed E-state index contributed by atoms with van der Waals surface area (Å²) in [5.41, 5.74) is 1.22. The van der Waals surface area contributed by atoms with E-state index in [1.807, 2.05) is 30.3 Å². The molecule has 0 radical (unpaired) electrons. The Balaban J connectivity index is 2.10. The highest BCUT2D eigenvalue weighted by Crippen LogP contribution is 2.12. The van der Waals surface area contributed by atoms with Gasteiger partial charge in [-0.05, 0) is 5.56 Å². The van der Waals surface area contributed by atoms with E-state index < -0.39 is 6.04 Å². The molecule has 0 aliphatic heterocycles. The highest BCUT2D eigenvalue weighted by molar-refractivity contribution is 5.93. The number of nitrogens with one attached hydrogen (secondary N) is 1. The lowest BCUT2D eigenvalue weighted by Gasteiger charge is -2.16. The molecule has 1 heterocycles. The van der Waals surface area contributed by atoms with E-state index in [1.54, 1.807) is 0 Å². The van der Waals surface area contributed by atoms with Crippen molar-refractivity contribution >= 4 is 5.91 Å². The quantitative estimate of drug-likeness (QED) is 0.838. The number of hydrogen-bond donors (Lipinski definition) is 2. The molecule has 5 heteroatoms. The number of nitrogens with zero attached hydrogens (tertiary/aromatic N) is 2. The molecule has 0 spiro atoms. The van der Waals surface area contributed by atoms with Crippen LogP contribution in [0.15, 0.2) is 49.1 Å². The van der Waals surface area contributed by atoms with Crippen LogP contribution in [-0.4, -0.2) is 27.6 Å². The molecule has 0 fully saturated rings. The van der Waals surface area contributed by atoms with E-state index in [0.29, 0.717) is 5.56 Å². The van der Waals surface area contributed by atoms with Gasteiger partial charge in [0.2, 0.25) is 0 Å². The fraction of sp³-hybridized carbons (Fsp3) is 0.154. The number of benzene rings is 1. The Morgan fingerprint density at radius 3 is 2.50 bits per heavy atom. The van der Waals surface area contributed by atoms with Crippen molar-refractivity contribution in [1.29, 1.82) is 0 Å². The second-order valence-electron chi connectivity index (χ2n) is 3.75. The minimum Gasteiger partial charge on any atom is -0.394 e. The van der Waals surface area contributed by atoms with E-state index in [9.17, 15) is 9.90 Å². The van der Waals surface area contributed by atoms with Crippen LogP contribution in [0.5, 0.6) is 0 Å². The summed E-state index contributed by atoms with van der Waals surface area (Å²) in [7, 11) is 0. The van der Waals surface area contributed by atoms with Gasteiger partial charge in [-0.3, -0.25) is 4.79 Å². The molecule has 0 unspecified atom stereocenters. The Bertz CT molecular complexity index is 502. The number of rotatable bonds is 4. The average Bonchev–Trinajstić information content (AvgIpc) is 2.46. The molecule has 0 bridgehead atoms. The van der Waals surface area contributed by atoms with Crippen molar-refractivity contribution in [3.05, 3.63) is 60.2 Å². The first kappa shape index (κ1) is 12.2. The van der Waals surface area contributed by atoms with E-state index >= 15 is 0 Å². The third kappa shape index (κ3) is 2.89. The standard InChI is InChI=1S/C13H13N3O2/c17-8-12(10-4-2-1-3-5-10)16-13(18)11-6-14-9-15-7-11/h1-7,9,12,17H,8H2,(H,16,18)/t12-/m1/s1. The molecule has 1 atom stereocenters. The van der Waals surface area contributed by atoms with E-state index in [1.165, 1.54) is 18.7 Å². The third-order valence-corrected chi connectivity index (χ3v) is 2.51. The van der Waals surface area contributed by atoms with E-state index in [2.05, 4.69) is 15.3 Å². The SMILES string of the molecule is O=C(N[C@H](CO)c1ccccc1)c1cncnc1. The van der Waals surface area contributed by atoms with Gasteiger partial charge in [-0.15, -0.1) is 0 Å². The summed E-state index contributed by atoms with van der Waals surface area (Å²) in [6, 6.07) is 8.86. The first-order valence-electron chi connectivity index (χ1n) is 5.53. The predicted octanol–water partition coefficient (Wildman–Crippen LogP) is 0.940. The lowest BCUT2D eigenvalue weighted by Crippen LogP contribution is -2.30. The zero-order valence-electron chi connectivity index (χ0n) is 9.65. The van der Waals surface area contributed by atoms with Crippen molar-refractivity contribution < 1.29 is 9.90 Å². The van der Waals surface area contributed by atoms with Gasteiger partial charge in [0.05, 0.1) is 18.2 Å². The maximum absolute atomic E-state index is 11.9. The molecule has 2 N–H and O–H groups in total. The minimum absolute atomic E-state index is 0.163. The van der Waals surface area contributed by atoms with Crippen molar-refractivity contribution in [3.8, 4) is 0 Å². The molecular weight excluding hydrogens is 230 g/mol. The smallest absolute Gasteiger partial charge is 0.254 e. The second-order valence-corrected chi connectivity index (χ2v) is 3.75. The normalized spacial score (nSPS) is 11.8. The van der Waals surface area contributed by atoms with Crippen molar-refractivity contribution in [2.24, 2.45) is 0 Å². The molecule has 2 aromatic rings. The number of aliphatic hydroxyl groups is 1. The molecule has 1 amide bonds. The minimum atomic E-state index is -0.432. The van der Waals surface area contributed by atoms with Crippen LogP contribution in [0.1, 0.15) is 22.0 Å². The number of carbonyl (C=O) groups excluding carboxylic acids is 1. The second kappa shape index (κ2) is 5.88. The van der Waals surface area contributed by atoms with Crippen LogP contribution in [0, 0.1) is 0 Å². The van der Waals surface area contributed by atoms with Crippen LogP contribution >= 0.6 is 0 Å². The van der Waals surface area contributed by atoms with Crippen LogP contribution in [0.3, 0.4) is 0 Å². The summed E-state index contributed by atoms with van der Waals surface area (Å²) in [5.74, 6) is -0.307. The largest absolute Gasteiger partial charge is 0.394 e. The average molecular weight is 243 g/mol. The monoisotopic (exact) mass is 243 g/mol. The molecule has 0 aliphatic carbocycles. The van der Waals surface area contributed by atoms with Crippen molar-refractivity contribution in [1.82, 2.24) is 15.3 Å². The maximum atomic E-state index is 11.9. The van der Waals surface area contributed by atoms with Crippen LogP contribution in [0.4, 0.5) is 0 Å².